The number of nitrogen functional groups attached to an aromatic ring is 1. The molecule has 0 fully saturated rings. The van der Waals surface area contributed by atoms with Gasteiger partial charge in [0.25, 0.3) is 5.56 Å². The summed E-state index contributed by atoms with van der Waals surface area (Å²) in [6.45, 7) is 0. The largest absolute Gasteiger partial charge is 0.573 e. The van der Waals surface area contributed by atoms with E-state index in [1.54, 1.807) is 0 Å². The minimum absolute atomic E-state index is 0.224. The molecule has 0 bridgehead atoms. The molecule has 8 heteroatoms. The lowest BCUT2D eigenvalue weighted by molar-refractivity contribution is -0.275. The molecule has 0 unspecified atom stereocenters. The molecule has 0 amide bonds. The lowest BCUT2D eigenvalue weighted by Crippen LogP contribution is -2.20. The molecule has 0 aromatic carbocycles. The maximum Gasteiger partial charge on any atom is 0.573 e. The predicted molar refractivity (Wildman–Crippen MR) is 45.9 cm³/mol. The lowest BCUT2D eigenvalue weighted by Gasteiger charge is -2.10. The zero-order chi connectivity index (χ0) is 10.9. The fourth-order valence-electron chi connectivity index (χ4n) is 0.704. The molecular weight excluding hydrogens is 269 g/mol. The van der Waals surface area contributed by atoms with E-state index in [2.05, 4.69) is 20.7 Å². The van der Waals surface area contributed by atoms with Gasteiger partial charge in [-0.25, -0.2) is 0 Å². The molecule has 0 atom stereocenters. The summed E-state index contributed by atoms with van der Waals surface area (Å²) in [4.78, 5) is 12.8. The van der Waals surface area contributed by atoms with E-state index < -0.39 is 17.7 Å². The maximum atomic E-state index is 11.8. The van der Waals surface area contributed by atoms with Crippen LogP contribution in [0.2, 0.25) is 0 Å². The molecule has 0 radical (unpaired) electrons. The molecule has 4 nitrogen and oxygen atoms in total. The minimum atomic E-state index is -4.83. The predicted octanol–water partition coefficient (Wildman–Crippen LogP) is 1.62. The van der Waals surface area contributed by atoms with Crippen LogP contribution in [0.25, 0.3) is 0 Å². The number of halogens is 4. The smallest absolute Gasteiger partial charge is 0.403 e. The molecule has 1 aromatic rings. The van der Waals surface area contributed by atoms with Crippen molar-refractivity contribution >= 4 is 21.6 Å². The van der Waals surface area contributed by atoms with Crippen LogP contribution in [0.1, 0.15) is 0 Å². The van der Waals surface area contributed by atoms with E-state index in [1.807, 2.05) is 4.98 Å². The summed E-state index contributed by atoms with van der Waals surface area (Å²) in [6, 6.07) is 0. The molecule has 0 saturated carbocycles. The number of nitrogens with one attached hydrogen (secondary N) is 1. The van der Waals surface area contributed by atoms with Crippen molar-refractivity contribution in [1.82, 2.24) is 4.98 Å². The number of pyridine rings is 1. The molecule has 0 aliphatic rings. The Morgan fingerprint density at radius 3 is 2.57 bits per heavy atom. The fraction of sp³-hybridized carbons (Fsp3) is 0.167. The van der Waals surface area contributed by atoms with Crippen LogP contribution in [0.5, 0.6) is 5.75 Å². The van der Waals surface area contributed by atoms with Crippen molar-refractivity contribution in [2.45, 2.75) is 6.36 Å². The van der Waals surface area contributed by atoms with Crippen LogP contribution in [0, 0.1) is 0 Å². The van der Waals surface area contributed by atoms with Gasteiger partial charge in [-0.05, 0) is 15.9 Å². The number of anilines is 1. The lowest BCUT2D eigenvalue weighted by atomic mass is 10.4. The maximum absolute atomic E-state index is 11.8. The van der Waals surface area contributed by atoms with Crippen LogP contribution < -0.4 is 16.0 Å². The Balaban J connectivity index is 3.13. The number of ether oxygens (including phenoxy) is 1. The quantitative estimate of drug-likeness (QED) is 0.816. The molecule has 0 saturated heterocycles. The van der Waals surface area contributed by atoms with Crippen molar-refractivity contribution in [3.63, 3.8) is 0 Å². The van der Waals surface area contributed by atoms with Gasteiger partial charge in [-0.2, -0.15) is 0 Å². The van der Waals surface area contributed by atoms with Crippen LogP contribution >= 0.6 is 15.9 Å². The number of aromatic nitrogens is 1. The third-order valence-corrected chi connectivity index (χ3v) is 2.08. The molecule has 1 aromatic heterocycles. The highest BCUT2D eigenvalue weighted by Gasteiger charge is 2.32. The molecule has 0 aliphatic heterocycles. The second-order valence-electron chi connectivity index (χ2n) is 2.26. The first-order valence-corrected chi connectivity index (χ1v) is 4.03. The SMILES string of the molecule is Nc1c(Br)c(OC(F)(F)F)c[nH]c1=O. The molecule has 14 heavy (non-hydrogen) atoms. The van der Waals surface area contributed by atoms with E-state index in [9.17, 15) is 18.0 Å². The third-order valence-electron chi connectivity index (χ3n) is 1.26. The summed E-state index contributed by atoms with van der Waals surface area (Å²) < 4.78 is 38.7. The second-order valence-corrected chi connectivity index (χ2v) is 3.05. The van der Waals surface area contributed by atoms with E-state index in [4.69, 9.17) is 5.73 Å². The molecule has 3 N–H and O–H groups in total. The van der Waals surface area contributed by atoms with Gasteiger partial charge in [0, 0.05) is 6.20 Å². The number of rotatable bonds is 1. The molecule has 1 rings (SSSR count). The third kappa shape index (κ3) is 2.41. The van der Waals surface area contributed by atoms with Gasteiger partial charge in [0.05, 0.1) is 4.47 Å². The van der Waals surface area contributed by atoms with Crippen LogP contribution in [0.15, 0.2) is 15.5 Å². The highest BCUT2D eigenvalue weighted by atomic mass is 79.9. The average molecular weight is 273 g/mol. The monoisotopic (exact) mass is 272 g/mol. The van der Waals surface area contributed by atoms with E-state index in [0.29, 0.717) is 0 Å². The van der Waals surface area contributed by atoms with Gasteiger partial charge in [0.1, 0.15) is 5.69 Å². The van der Waals surface area contributed by atoms with Crippen molar-refractivity contribution < 1.29 is 17.9 Å². The summed E-state index contributed by atoms with van der Waals surface area (Å²) in [5.41, 5.74) is 4.11. The number of hydrogen-bond donors (Lipinski definition) is 2. The van der Waals surface area contributed by atoms with Crippen molar-refractivity contribution in [2.24, 2.45) is 0 Å². The Morgan fingerprint density at radius 1 is 1.50 bits per heavy atom. The van der Waals surface area contributed by atoms with E-state index in [-0.39, 0.29) is 10.2 Å². The summed E-state index contributed by atoms with van der Waals surface area (Å²) in [5.74, 6) is -0.588. The second kappa shape index (κ2) is 3.52. The Bertz CT molecular complexity index is 401. The topological polar surface area (TPSA) is 68.1 Å². The van der Waals surface area contributed by atoms with Gasteiger partial charge in [-0.15, -0.1) is 13.2 Å². The first kappa shape index (κ1) is 10.9. The summed E-state index contributed by atoms with van der Waals surface area (Å²) >= 11 is 2.71. The molecule has 1 heterocycles. The van der Waals surface area contributed by atoms with Crippen LogP contribution in [0.3, 0.4) is 0 Å². The summed E-state index contributed by atoms with van der Waals surface area (Å²) in [5, 5.41) is 0. The zero-order valence-electron chi connectivity index (χ0n) is 6.48. The van der Waals surface area contributed by atoms with Crippen molar-refractivity contribution in [3.8, 4) is 5.75 Å². The van der Waals surface area contributed by atoms with E-state index in [1.165, 1.54) is 0 Å². The first-order chi connectivity index (χ1) is 6.31. The van der Waals surface area contributed by atoms with Crippen molar-refractivity contribution in [1.29, 1.82) is 0 Å². The highest BCUT2D eigenvalue weighted by Crippen LogP contribution is 2.31. The molecule has 0 spiro atoms. The normalized spacial score (nSPS) is 11.4. The van der Waals surface area contributed by atoms with Crippen molar-refractivity contribution in [3.05, 3.63) is 21.0 Å². The van der Waals surface area contributed by atoms with Gasteiger partial charge in [-0.3, -0.25) is 4.79 Å². The molecule has 78 valence electrons. The van der Waals surface area contributed by atoms with Crippen LogP contribution in [0.4, 0.5) is 18.9 Å². The Hall–Kier alpha value is -1.18. The number of alkyl halides is 3. The molecular formula is C6H4BrF3N2O2. The Kier molecular flexibility index (Phi) is 2.74. The van der Waals surface area contributed by atoms with Crippen LogP contribution in [-0.2, 0) is 0 Å². The summed E-state index contributed by atoms with van der Waals surface area (Å²) in [6.07, 6.45) is -4.05. The summed E-state index contributed by atoms with van der Waals surface area (Å²) in [7, 11) is 0. The number of nitrogens with two attached hydrogens (primary N) is 1. The first-order valence-electron chi connectivity index (χ1n) is 3.23. The Morgan fingerprint density at radius 2 is 2.07 bits per heavy atom. The Labute approximate surface area is 84.0 Å². The number of H-pyrrole nitrogens is 1. The fourth-order valence-corrected chi connectivity index (χ4v) is 1.08. The minimum Gasteiger partial charge on any atom is -0.403 e. The van der Waals surface area contributed by atoms with E-state index >= 15 is 0 Å². The van der Waals surface area contributed by atoms with Gasteiger partial charge in [0.15, 0.2) is 5.75 Å². The zero-order valence-corrected chi connectivity index (χ0v) is 8.07. The van der Waals surface area contributed by atoms with Gasteiger partial charge < -0.3 is 15.5 Å². The van der Waals surface area contributed by atoms with Gasteiger partial charge in [0.2, 0.25) is 0 Å². The van der Waals surface area contributed by atoms with Gasteiger partial charge >= 0.3 is 6.36 Å². The number of hydrogen-bond acceptors (Lipinski definition) is 3. The number of aromatic amines is 1. The van der Waals surface area contributed by atoms with E-state index in [0.717, 1.165) is 6.20 Å². The van der Waals surface area contributed by atoms with Crippen molar-refractivity contribution in [2.75, 3.05) is 5.73 Å². The molecule has 0 aliphatic carbocycles. The highest BCUT2D eigenvalue weighted by molar-refractivity contribution is 9.10. The van der Waals surface area contributed by atoms with Gasteiger partial charge in [-0.1, -0.05) is 0 Å². The standard InChI is InChI=1S/C6H4BrF3N2O2/c7-3-2(14-6(8,9)10)1-12-5(13)4(3)11/h1H,11H2,(H,12,13). The average Bonchev–Trinajstić information content (AvgIpc) is 2.04. The van der Waals surface area contributed by atoms with Crippen LogP contribution in [-0.4, -0.2) is 11.3 Å².